The average Bonchev–Trinajstić information content (AvgIpc) is 2.80. The number of hydrogen-bond acceptors (Lipinski definition) is 6. The second-order valence-corrected chi connectivity index (χ2v) is 7.15. The smallest absolute Gasteiger partial charge is 0.311 e. The molecule has 1 aliphatic rings. The zero-order valence-electron chi connectivity index (χ0n) is 16.8. The zero-order valence-corrected chi connectivity index (χ0v) is 16.8. The third-order valence-corrected chi connectivity index (χ3v) is 5.18. The van der Waals surface area contributed by atoms with Crippen molar-refractivity contribution in [3.05, 3.63) is 70.8 Å². The average molecular weight is 405 g/mol. The molecule has 2 aromatic carbocycles. The fourth-order valence-electron chi connectivity index (χ4n) is 3.58. The maximum Gasteiger partial charge on any atom is 0.311 e. The van der Waals surface area contributed by atoms with Crippen LogP contribution in [0.15, 0.2) is 60.7 Å². The molecule has 1 aromatic heterocycles. The number of pyridine rings is 1. The molecule has 0 spiro atoms. The summed E-state index contributed by atoms with van der Waals surface area (Å²) >= 11 is 0. The number of benzene rings is 2. The fourth-order valence-corrected chi connectivity index (χ4v) is 3.58. The van der Waals surface area contributed by atoms with E-state index in [0.717, 1.165) is 49.2 Å². The van der Waals surface area contributed by atoms with Crippen LogP contribution in [0.4, 0.5) is 11.5 Å². The molecular weight excluding hydrogens is 382 g/mol. The van der Waals surface area contributed by atoms with Crippen LogP contribution in [0.3, 0.4) is 0 Å². The third-order valence-electron chi connectivity index (χ3n) is 5.18. The Bertz CT molecular complexity index is 1010. The van der Waals surface area contributed by atoms with Gasteiger partial charge in [-0.3, -0.25) is 10.1 Å². The van der Waals surface area contributed by atoms with Crippen LogP contribution in [0.2, 0.25) is 0 Å². The predicted octanol–water partition coefficient (Wildman–Crippen LogP) is 5.45. The van der Waals surface area contributed by atoms with E-state index >= 15 is 0 Å². The van der Waals surface area contributed by atoms with Crippen molar-refractivity contribution in [3.63, 3.8) is 0 Å². The Labute approximate surface area is 175 Å². The van der Waals surface area contributed by atoms with E-state index in [-0.39, 0.29) is 10.6 Å². The van der Waals surface area contributed by atoms with Crippen LogP contribution in [0.25, 0.3) is 11.1 Å². The van der Waals surface area contributed by atoms with Crippen molar-refractivity contribution in [2.45, 2.75) is 19.3 Å². The Morgan fingerprint density at radius 2 is 1.47 bits per heavy atom. The van der Waals surface area contributed by atoms with Gasteiger partial charge >= 0.3 is 5.69 Å². The number of aromatic nitrogens is 1. The molecule has 1 fully saturated rings. The van der Waals surface area contributed by atoms with Gasteiger partial charge in [-0.05, 0) is 54.7 Å². The molecule has 2 heterocycles. The SMILES string of the molecule is COc1ccc(-c2ccc(Oc3ccc([N+](=O)[O-])c(N4CCCCC4)n3)cc2)cc1. The molecule has 0 bridgehead atoms. The number of nitrogens with zero attached hydrogens (tertiary/aromatic N) is 3. The first-order chi connectivity index (χ1) is 14.6. The number of rotatable bonds is 6. The lowest BCUT2D eigenvalue weighted by atomic mass is 10.1. The predicted molar refractivity (Wildman–Crippen MR) is 115 cm³/mol. The number of piperidine rings is 1. The number of anilines is 1. The van der Waals surface area contributed by atoms with Crippen LogP contribution >= 0.6 is 0 Å². The van der Waals surface area contributed by atoms with E-state index < -0.39 is 0 Å². The molecule has 1 saturated heterocycles. The van der Waals surface area contributed by atoms with Gasteiger partial charge in [-0.2, -0.15) is 4.98 Å². The van der Waals surface area contributed by atoms with E-state index in [1.165, 1.54) is 6.07 Å². The van der Waals surface area contributed by atoms with E-state index in [0.29, 0.717) is 17.4 Å². The van der Waals surface area contributed by atoms with Gasteiger partial charge in [-0.1, -0.05) is 24.3 Å². The molecule has 0 amide bonds. The second-order valence-electron chi connectivity index (χ2n) is 7.15. The summed E-state index contributed by atoms with van der Waals surface area (Å²) < 4.78 is 11.1. The van der Waals surface area contributed by atoms with E-state index in [2.05, 4.69) is 4.98 Å². The summed E-state index contributed by atoms with van der Waals surface area (Å²) in [4.78, 5) is 17.5. The number of ether oxygens (including phenoxy) is 2. The summed E-state index contributed by atoms with van der Waals surface area (Å²) in [5, 5.41) is 11.4. The largest absolute Gasteiger partial charge is 0.497 e. The molecular formula is C23H23N3O4. The summed E-state index contributed by atoms with van der Waals surface area (Å²) in [6.07, 6.45) is 3.16. The maximum absolute atomic E-state index is 11.4. The number of hydrogen-bond donors (Lipinski definition) is 0. The summed E-state index contributed by atoms with van der Waals surface area (Å²) in [5.41, 5.74) is 2.14. The molecule has 0 saturated carbocycles. The van der Waals surface area contributed by atoms with Crippen LogP contribution in [0.1, 0.15) is 19.3 Å². The summed E-state index contributed by atoms with van der Waals surface area (Å²) in [7, 11) is 1.64. The molecule has 0 radical (unpaired) electrons. The fraction of sp³-hybridized carbons (Fsp3) is 0.261. The van der Waals surface area contributed by atoms with Crippen molar-refractivity contribution in [1.82, 2.24) is 4.98 Å². The van der Waals surface area contributed by atoms with Gasteiger partial charge < -0.3 is 14.4 Å². The van der Waals surface area contributed by atoms with Crippen LogP contribution in [0, 0.1) is 10.1 Å². The highest BCUT2D eigenvalue weighted by Gasteiger charge is 2.23. The molecule has 154 valence electrons. The highest BCUT2D eigenvalue weighted by Crippen LogP contribution is 2.32. The van der Waals surface area contributed by atoms with Gasteiger partial charge in [-0.15, -0.1) is 0 Å². The minimum Gasteiger partial charge on any atom is -0.497 e. The van der Waals surface area contributed by atoms with Crippen LogP contribution in [0.5, 0.6) is 17.4 Å². The second kappa shape index (κ2) is 8.82. The number of nitro groups is 1. The standard InChI is InChI=1S/C23H23N3O4/c1-29-19-9-5-17(6-10-19)18-7-11-20(12-8-18)30-22-14-13-21(26(27)28)23(24-22)25-15-3-2-4-16-25/h5-14H,2-4,15-16H2,1H3. The molecule has 0 N–H and O–H groups in total. The normalized spacial score (nSPS) is 13.7. The van der Waals surface area contributed by atoms with Gasteiger partial charge in [0.15, 0.2) is 0 Å². The summed E-state index contributed by atoms with van der Waals surface area (Å²) in [6.45, 7) is 1.54. The molecule has 0 aliphatic carbocycles. The van der Waals surface area contributed by atoms with Gasteiger partial charge in [0.2, 0.25) is 11.7 Å². The summed E-state index contributed by atoms with van der Waals surface area (Å²) in [6, 6.07) is 18.5. The Morgan fingerprint density at radius 3 is 2.03 bits per heavy atom. The molecule has 7 heteroatoms. The molecule has 0 unspecified atom stereocenters. The van der Waals surface area contributed by atoms with Crippen molar-refractivity contribution in [2.75, 3.05) is 25.1 Å². The molecule has 1 aliphatic heterocycles. The first kappa shape index (κ1) is 19.7. The first-order valence-corrected chi connectivity index (χ1v) is 9.97. The minimum atomic E-state index is -0.385. The van der Waals surface area contributed by atoms with Gasteiger partial charge in [0, 0.05) is 25.2 Å². The van der Waals surface area contributed by atoms with Crippen molar-refractivity contribution in [3.8, 4) is 28.5 Å². The molecule has 30 heavy (non-hydrogen) atoms. The van der Waals surface area contributed by atoms with Gasteiger partial charge in [-0.25, -0.2) is 0 Å². The Balaban J connectivity index is 1.54. The molecule has 0 atom stereocenters. The van der Waals surface area contributed by atoms with Gasteiger partial charge in [0.1, 0.15) is 11.5 Å². The number of methoxy groups -OCH3 is 1. The first-order valence-electron chi connectivity index (χ1n) is 9.97. The minimum absolute atomic E-state index is 0.0131. The van der Waals surface area contributed by atoms with E-state index in [1.807, 2.05) is 53.4 Å². The Morgan fingerprint density at radius 1 is 0.867 bits per heavy atom. The maximum atomic E-state index is 11.4. The Hall–Kier alpha value is -3.61. The van der Waals surface area contributed by atoms with Crippen molar-refractivity contribution in [1.29, 1.82) is 0 Å². The zero-order chi connectivity index (χ0) is 20.9. The topological polar surface area (TPSA) is 77.7 Å². The van der Waals surface area contributed by atoms with Crippen molar-refractivity contribution in [2.24, 2.45) is 0 Å². The molecule has 4 rings (SSSR count). The van der Waals surface area contributed by atoms with Crippen molar-refractivity contribution < 1.29 is 14.4 Å². The summed E-state index contributed by atoms with van der Waals surface area (Å²) in [5.74, 6) is 2.16. The monoisotopic (exact) mass is 405 g/mol. The van der Waals surface area contributed by atoms with Gasteiger partial charge in [0.05, 0.1) is 12.0 Å². The van der Waals surface area contributed by atoms with Crippen LogP contribution < -0.4 is 14.4 Å². The highest BCUT2D eigenvalue weighted by atomic mass is 16.6. The third kappa shape index (κ3) is 4.35. The lowest BCUT2D eigenvalue weighted by molar-refractivity contribution is -0.384. The highest BCUT2D eigenvalue weighted by molar-refractivity contribution is 5.65. The Kier molecular flexibility index (Phi) is 5.79. The molecule has 7 nitrogen and oxygen atoms in total. The van der Waals surface area contributed by atoms with E-state index in [4.69, 9.17) is 9.47 Å². The van der Waals surface area contributed by atoms with E-state index in [9.17, 15) is 10.1 Å². The van der Waals surface area contributed by atoms with Crippen LogP contribution in [-0.2, 0) is 0 Å². The van der Waals surface area contributed by atoms with E-state index in [1.54, 1.807) is 13.2 Å². The van der Waals surface area contributed by atoms with Gasteiger partial charge in [0.25, 0.3) is 0 Å². The molecule has 3 aromatic rings. The quantitative estimate of drug-likeness (QED) is 0.401. The van der Waals surface area contributed by atoms with Crippen molar-refractivity contribution >= 4 is 11.5 Å². The lowest BCUT2D eigenvalue weighted by Crippen LogP contribution is -2.30. The lowest BCUT2D eigenvalue weighted by Gasteiger charge is -2.27. The van der Waals surface area contributed by atoms with Crippen LogP contribution in [-0.4, -0.2) is 30.1 Å².